The number of Topliss-reactive ketones (excluding diaryl/α,β-unsaturated/α-hetero) is 1. The van der Waals surface area contributed by atoms with E-state index in [0.717, 1.165) is 5.56 Å². The van der Waals surface area contributed by atoms with Crippen molar-refractivity contribution in [2.75, 3.05) is 12.4 Å². The Hall–Kier alpha value is -1.82. The fourth-order valence-electron chi connectivity index (χ4n) is 1.39. The van der Waals surface area contributed by atoms with Gasteiger partial charge in [-0.25, -0.2) is 4.79 Å². The predicted octanol–water partition coefficient (Wildman–Crippen LogP) is 3.00. The Balaban J connectivity index is 2.62. The van der Waals surface area contributed by atoms with Gasteiger partial charge in [0.05, 0.1) is 12.4 Å². The lowest BCUT2D eigenvalue weighted by Gasteiger charge is -2.09. The molecule has 5 nitrogen and oxygen atoms in total. The molecule has 0 fully saturated rings. The second-order valence-electron chi connectivity index (χ2n) is 4.14. The number of rotatable bonds is 6. The van der Waals surface area contributed by atoms with Crippen LogP contribution in [0.2, 0.25) is 0 Å². The molecular formula is C15H20N2O3S. The number of carbonyl (C=O) groups is 2. The summed E-state index contributed by atoms with van der Waals surface area (Å²) in [5, 5.41) is 3.47. The zero-order valence-corrected chi connectivity index (χ0v) is 13.1. The highest BCUT2D eigenvalue weighted by Crippen LogP contribution is 2.06. The molecule has 0 saturated heterocycles. The molecule has 0 bridgehead atoms. The van der Waals surface area contributed by atoms with Gasteiger partial charge >= 0.3 is 6.09 Å². The first-order valence-electron chi connectivity index (χ1n) is 6.83. The molecule has 1 rings (SSSR count). The highest BCUT2D eigenvalue weighted by molar-refractivity contribution is 8.14. The lowest BCUT2D eigenvalue weighted by molar-refractivity contribution is -0.116. The third-order valence-electron chi connectivity index (χ3n) is 2.51. The Bertz CT molecular complexity index is 489. The molecule has 1 aromatic carbocycles. The number of amides is 1. The van der Waals surface area contributed by atoms with E-state index in [2.05, 4.69) is 10.3 Å². The molecule has 0 radical (unpaired) electrons. The quantitative estimate of drug-likeness (QED) is 0.646. The number of hydrogen-bond acceptors (Lipinski definition) is 4. The number of amidine groups is 1. The van der Waals surface area contributed by atoms with E-state index in [9.17, 15) is 9.59 Å². The van der Waals surface area contributed by atoms with Crippen LogP contribution >= 0.6 is 11.8 Å². The van der Waals surface area contributed by atoms with Crippen molar-refractivity contribution in [3.63, 3.8) is 0 Å². The van der Waals surface area contributed by atoms with E-state index < -0.39 is 6.09 Å². The summed E-state index contributed by atoms with van der Waals surface area (Å²) < 4.78 is 4.79. The summed E-state index contributed by atoms with van der Waals surface area (Å²) in [5.74, 6) is 0.398. The molecule has 0 aliphatic rings. The first kappa shape index (κ1) is 17.2. The van der Waals surface area contributed by atoms with E-state index in [0.29, 0.717) is 18.1 Å². The van der Waals surface area contributed by atoms with Gasteiger partial charge in [-0.15, -0.1) is 0 Å². The topological polar surface area (TPSA) is 67.8 Å². The summed E-state index contributed by atoms with van der Waals surface area (Å²) in [7, 11) is 0. The molecule has 114 valence electrons. The van der Waals surface area contributed by atoms with Crippen LogP contribution in [0.25, 0.3) is 0 Å². The molecule has 1 aromatic rings. The van der Waals surface area contributed by atoms with Gasteiger partial charge in [-0.05, 0) is 12.5 Å². The molecule has 1 N–H and O–H groups in total. The van der Waals surface area contributed by atoms with E-state index in [1.54, 1.807) is 6.92 Å². The van der Waals surface area contributed by atoms with Crippen molar-refractivity contribution in [1.29, 1.82) is 0 Å². The van der Waals surface area contributed by atoms with Crippen molar-refractivity contribution in [2.45, 2.75) is 26.8 Å². The van der Waals surface area contributed by atoms with Crippen molar-refractivity contribution >= 4 is 28.8 Å². The standard InChI is InChI=1S/C15H20N2O3S/c1-3-13(18)11-21-14(17-15(19)20-4-2)16-10-12-8-6-5-7-9-12/h5-9H,3-4,10-11H2,1-2H3,(H,16,17,19). The minimum Gasteiger partial charge on any atom is -0.448 e. The van der Waals surface area contributed by atoms with Crippen LogP contribution in [0.15, 0.2) is 35.3 Å². The van der Waals surface area contributed by atoms with Crippen molar-refractivity contribution < 1.29 is 14.3 Å². The fourth-order valence-corrected chi connectivity index (χ4v) is 2.20. The Labute approximate surface area is 129 Å². The van der Waals surface area contributed by atoms with Gasteiger partial charge in [-0.3, -0.25) is 4.79 Å². The van der Waals surface area contributed by atoms with Crippen molar-refractivity contribution in [3.8, 4) is 0 Å². The molecule has 21 heavy (non-hydrogen) atoms. The molecular weight excluding hydrogens is 288 g/mol. The van der Waals surface area contributed by atoms with Gasteiger partial charge < -0.3 is 10.1 Å². The van der Waals surface area contributed by atoms with Crippen LogP contribution in [0.3, 0.4) is 0 Å². The lowest BCUT2D eigenvalue weighted by Crippen LogP contribution is -2.23. The fraction of sp³-hybridized carbons (Fsp3) is 0.400. The number of carbonyl (C=O) groups excluding carboxylic acids is 2. The van der Waals surface area contributed by atoms with E-state index in [4.69, 9.17) is 4.74 Å². The molecule has 0 aromatic heterocycles. The second-order valence-corrected chi connectivity index (χ2v) is 5.10. The number of nitrogens with one attached hydrogen (secondary N) is 1. The minimum absolute atomic E-state index is 0.109. The zero-order valence-electron chi connectivity index (χ0n) is 12.3. The average molecular weight is 308 g/mol. The van der Waals surface area contributed by atoms with Gasteiger partial charge in [-0.1, -0.05) is 49.0 Å². The van der Waals surface area contributed by atoms with Crippen molar-refractivity contribution in [3.05, 3.63) is 35.9 Å². The summed E-state index contributed by atoms with van der Waals surface area (Å²) in [4.78, 5) is 26.7. The van der Waals surface area contributed by atoms with Gasteiger partial charge in [0, 0.05) is 13.0 Å². The summed E-state index contributed by atoms with van der Waals surface area (Å²) in [6.45, 7) is 4.33. The average Bonchev–Trinajstić information content (AvgIpc) is 2.50. The molecule has 0 aliphatic heterocycles. The molecule has 0 aliphatic carbocycles. The molecule has 0 saturated carbocycles. The van der Waals surface area contributed by atoms with Crippen LogP contribution in [-0.4, -0.2) is 29.4 Å². The summed E-state index contributed by atoms with van der Waals surface area (Å²) in [6, 6.07) is 9.75. The van der Waals surface area contributed by atoms with Gasteiger partial charge in [0.15, 0.2) is 5.17 Å². The van der Waals surface area contributed by atoms with Gasteiger partial charge in [0.2, 0.25) is 0 Å². The zero-order chi connectivity index (χ0) is 15.5. The van der Waals surface area contributed by atoms with E-state index in [-0.39, 0.29) is 18.1 Å². The molecule has 0 spiro atoms. The Morgan fingerprint density at radius 3 is 2.57 bits per heavy atom. The van der Waals surface area contributed by atoms with Gasteiger partial charge in [0.1, 0.15) is 5.78 Å². The molecule has 0 atom stereocenters. The molecule has 0 unspecified atom stereocenters. The van der Waals surface area contributed by atoms with E-state index in [1.807, 2.05) is 37.3 Å². The van der Waals surface area contributed by atoms with E-state index >= 15 is 0 Å². The number of thioether (sulfide) groups is 1. The number of ketones is 1. The van der Waals surface area contributed by atoms with Gasteiger partial charge in [0.25, 0.3) is 0 Å². The molecule has 1 amide bonds. The highest BCUT2D eigenvalue weighted by Gasteiger charge is 2.08. The lowest BCUT2D eigenvalue weighted by atomic mass is 10.2. The van der Waals surface area contributed by atoms with Crippen LogP contribution in [0.4, 0.5) is 4.79 Å². The predicted molar refractivity (Wildman–Crippen MR) is 85.5 cm³/mol. The maximum absolute atomic E-state index is 11.4. The van der Waals surface area contributed by atoms with Crippen molar-refractivity contribution in [2.24, 2.45) is 4.99 Å². The smallest absolute Gasteiger partial charge is 0.435 e. The number of aliphatic imine (C=N–C) groups is 1. The third-order valence-corrected chi connectivity index (χ3v) is 3.49. The normalized spacial score (nSPS) is 11.0. The molecule has 6 heteroatoms. The molecule has 0 heterocycles. The number of nitrogens with zero attached hydrogens (tertiary/aromatic N) is 1. The number of ether oxygens (including phenoxy) is 1. The highest BCUT2D eigenvalue weighted by atomic mass is 32.2. The monoisotopic (exact) mass is 308 g/mol. The maximum atomic E-state index is 11.4. The minimum atomic E-state index is -0.649. The van der Waals surface area contributed by atoms with Crippen LogP contribution in [0.1, 0.15) is 25.8 Å². The first-order chi connectivity index (χ1) is 10.2. The van der Waals surface area contributed by atoms with Crippen molar-refractivity contribution in [1.82, 2.24) is 5.32 Å². The van der Waals surface area contributed by atoms with Gasteiger partial charge in [-0.2, -0.15) is 4.99 Å². The van der Waals surface area contributed by atoms with Crippen LogP contribution in [0.5, 0.6) is 0 Å². The maximum Gasteiger partial charge on any atom is 0.435 e. The SMILES string of the molecule is CCOC(=O)/N=C(/NCc1ccccc1)SCC(=O)CC. The Morgan fingerprint density at radius 2 is 1.95 bits per heavy atom. The first-order valence-corrected chi connectivity index (χ1v) is 7.82. The second kappa shape index (κ2) is 9.99. The summed E-state index contributed by atoms with van der Waals surface area (Å²) in [6.07, 6.45) is -0.178. The van der Waals surface area contributed by atoms with Crippen LogP contribution < -0.4 is 5.32 Å². The Kier molecular flexibility index (Phi) is 8.19. The largest absolute Gasteiger partial charge is 0.448 e. The number of benzene rings is 1. The summed E-state index contributed by atoms with van der Waals surface area (Å²) in [5.41, 5.74) is 1.07. The number of hydrogen-bond donors (Lipinski definition) is 1. The van der Waals surface area contributed by atoms with Crippen LogP contribution in [0, 0.1) is 0 Å². The summed E-state index contributed by atoms with van der Waals surface area (Å²) >= 11 is 1.22. The van der Waals surface area contributed by atoms with Crippen LogP contribution in [-0.2, 0) is 16.1 Å². The third kappa shape index (κ3) is 7.51. The van der Waals surface area contributed by atoms with E-state index in [1.165, 1.54) is 11.8 Å². The Morgan fingerprint density at radius 1 is 1.24 bits per heavy atom.